The first-order valence-electron chi connectivity index (χ1n) is 4.04. The molecule has 0 unspecified atom stereocenters. The average Bonchev–Trinajstić information content (AvgIpc) is 2.59. The van der Waals surface area contributed by atoms with Crippen molar-refractivity contribution in [3.63, 3.8) is 0 Å². The molecule has 2 rings (SSSR count). The fraction of sp³-hybridized carbons (Fsp3) is 0.100. The van der Waals surface area contributed by atoms with Crippen molar-refractivity contribution < 1.29 is 18.7 Å². The monoisotopic (exact) mass is 192 g/mol. The average molecular weight is 192 g/mol. The van der Waals surface area contributed by atoms with Crippen molar-refractivity contribution in [2.75, 3.05) is 7.11 Å². The van der Waals surface area contributed by atoms with E-state index in [4.69, 9.17) is 9.15 Å². The van der Waals surface area contributed by atoms with E-state index in [2.05, 4.69) is 4.74 Å². The molecule has 0 atom stereocenters. The molecular weight excluding hydrogens is 184 g/mol. The van der Waals surface area contributed by atoms with E-state index < -0.39 is 6.16 Å². The number of rotatable bonds is 1. The molecule has 1 heterocycles. The Kier molecular flexibility index (Phi) is 2.10. The van der Waals surface area contributed by atoms with Gasteiger partial charge in [0.2, 0.25) is 0 Å². The number of para-hydroxylation sites is 1. The zero-order valence-electron chi connectivity index (χ0n) is 7.52. The van der Waals surface area contributed by atoms with Gasteiger partial charge in [0.15, 0.2) is 0 Å². The van der Waals surface area contributed by atoms with Crippen LogP contribution in [0.4, 0.5) is 4.79 Å². The van der Waals surface area contributed by atoms with E-state index in [0.717, 1.165) is 5.39 Å². The minimum atomic E-state index is -0.788. The zero-order chi connectivity index (χ0) is 9.97. The predicted molar refractivity (Wildman–Crippen MR) is 49.2 cm³/mol. The lowest BCUT2D eigenvalue weighted by Crippen LogP contribution is -2.06. The van der Waals surface area contributed by atoms with Gasteiger partial charge >= 0.3 is 6.16 Å². The van der Waals surface area contributed by atoms with Crippen LogP contribution in [0.2, 0.25) is 0 Å². The first-order chi connectivity index (χ1) is 6.79. The highest BCUT2D eigenvalue weighted by Crippen LogP contribution is 2.24. The van der Waals surface area contributed by atoms with E-state index in [1.54, 1.807) is 12.1 Å². The van der Waals surface area contributed by atoms with Crippen molar-refractivity contribution in [1.29, 1.82) is 0 Å². The number of furan rings is 1. The summed E-state index contributed by atoms with van der Waals surface area (Å²) in [7, 11) is 1.24. The van der Waals surface area contributed by atoms with Gasteiger partial charge in [0.25, 0.3) is 5.95 Å². The summed E-state index contributed by atoms with van der Waals surface area (Å²) in [5.74, 6) is 0.137. The molecule has 4 nitrogen and oxygen atoms in total. The molecule has 4 heteroatoms. The van der Waals surface area contributed by atoms with Crippen LogP contribution in [-0.4, -0.2) is 13.3 Å². The fourth-order valence-electron chi connectivity index (χ4n) is 1.13. The predicted octanol–water partition coefficient (Wildman–Crippen LogP) is 2.58. The Balaban J connectivity index is 2.31. The third kappa shape index (κ3) is 1.54. The van der Waals surface area contributed by atoms with Crippen LogP contribution in [0.25, 0.3) is 11.0 Å². The van der Waals surface area contributed by atoms with Crippen molar-refractivity contribution in [2.24, 2.45) is 0 Å². The van der Waals surface area contributed by atoms with Gasteiger partial charge in [0, 0.05) is 11.5 Å². The maximum Gasteiger partial charge on any atom is 0.516 e. The number of methoxy groups -OCH3 is 1. The molecule has 0 amide bonds. The molecule has 0 saturated carbocycles. The van der Waals surface area contributed by atoms with Gasteiger partial charge in [0.05, 0.1) is 7.11 Å². The van der Waals surface area contributed by atoms with Crippen molar-refractivity contribution in [2.45, 2.75) is 0 Å². The van der Waals surface area contributed by atoms with E-state index in [9.17, 15) is 4.79 Å². The van der Waals surface area contributed by atoms with Crippen molar-refractivity contribution in [3.8, 4) is 5.95 Å². The number of fused-ring (bicyclic) bond motifs is 1. The number of carbonyl (C=O) groups is 1. The van der Waals surface area contributed by atoms with Gasteiger partial charge in [-0.3, -0.25) is 0 Å². The normalized spacial score (nSPS) is 10.1. The highest BCUT2D eigenvalue weighted by atomic mass is 16.7. The molecule has 1 aromatic carbocycles. The summed E-state index contributed by atoms with van der Waals surface area (Å²) in [5.41, 5.74) is 0.673. The molecular formula is C10H8O4. The molecule has 0 N–H and O–H groups in total. The van der Waals surface area contributed by atoms with Gasteiger partial charge in [-0.1, -0.05) is 18.2 Å². The van der Waals surface area contributed by atoms with E-state index >= 15 is 0 Å². The number of hydrogen-bond donors (Lipinski definition) is 0. The van der Waals surface area contributed by atoms with E-state index in [-0.39, 0.29) is 5.95 Å². The quantitative estimate of drug-likeness (QED) is 0.651. The maximum atomic E-state index is 10.8. The molecule has 0 aliphatic heterocycles. The lowest BCUT2D eigenvalue weighted by molar-refractivity contribution is 0.112. The Labute approximate surface area is 80.0 Å². The maximum absolute atomic E-state index is 10.8. The van der Waals surface area contributed by atoms with E-state index in [0.29, 0.717) is 5.58 Å². The smallest absolute Gasteiger partial charge is 0.437 e. The van der Waals surface area contributed by atoms with Gasteiger partial charge in [-0.25, -0.2) is 4.79 Å². The summed E-state index contributed by atoms with van der Waals surface area (Å²) in [4.78, 5) is 10.8. The van der Waals surface area contributed by atoms with Gasteiger partial charge in [-0.2, -0.15) is 0 Å². The number of ether oxygens (including phenoxy) is 2. The zero-order valence-corrected chi connectivity index (χ0v) is 7.52. The Bertz CT molecular complexity index is 425. The molecule has 0 aliphatic carbocycles. The lowest BCUT2D eigenvalue weighted by atomic mass is 10.3. The van der Waals surface area contributed by atoms with Crippen molar-refractivity contribution >= 4 is 17.1 Å². The first kappa shape index (κ1) is 8.62. The molecule has 0 aliphatic rings. The standard InChI is InChI=1S/C10H8O4/c1-12-10(11)14-9-6-7-4-2-3-5-8(7)13-9/h2-6H,1H3. The second-order valence-corrected chi connectivity index (χ2v) is 2.66. The van der Waals surface area contributed by atoms with Crippen LogP contribution < -0.4 is 4.74 Å². The van der Waals surface area contributed by atoms with Crippen molar-refractivity contribution in [3.05, 3.63) is 30.3 Å². The molecule has 0 fully saturated rings. The van der Waals surface area contributed by atoms with Gasteiger partial charge < -0.3 is 13.9 Å². The first-order valence-corrected chi connectivity index (χ1v) is 4.04. The summed E-state index contributed by atoms with van der Waals surface area (Å²) in [6, 6.07) is 9.00. The summed E-state index contributed by atoms with van der Waals surface area (Å²) in [6.07, 6.45) is -0.788. The summed E-state index contributed by atoms with van der Waals surface area (Å²) in [5, 5.41) is 0.881. The molecule has 0 saturated heterocycles. The highest BCUT2D eigenvalue weighted by Gasteiger charge is 2.08. The van der Waals surface area contributed by atoms with Crippen LogP contribution in [0.5, 0.6) is 5.95 Å². The Morgan fingerprint density at radius 2 is 2.14 bits per heavy atom. The minimum absolute atomic E-state index is 0.137. The Hall–Kier alpha value is -1.97. The topological polar surface area (TPSA) is 48.7 Å². The molecule has 1 aromatic heterocycles. The second kappa shape index (κ2) is 3.41. The lowest BCUT2D eigenvalue weighted by Gasteiger charge is -1.95. The molecule has 0 radical (unpaired) electrons. The number of carbonyl (C=O) groups excluding carboxylic acids is 1. The second-order valence-electron chi connectivity index (χ2n) is 2.66. The summed E-state index contributed by atoms with van der Waals surface area (Å²) >= 11 is 0. The Morgan fingerprint density at radius 3 is 2.86 bits per heavy atom. The molecule has 0 spiro atoms. The third-order valence-corrected chi connectivity index (χ3v) is 1.75. The van der Waals surface area contributed by atoms with Crippen LogP contribution in [0, 0.1) is 0 Å². The molecule has 0 bridgehead atoms. The van der Waals surface area contributed by atoms with Crippen LogP contribution in [0.1, 0.15) is 0 Å². The summed E-state index contributed by atoms with van der Waals surface area (Å²) < 4.78 is 14.3. The SMILES string of the molecule is COC(=O)Oc1cc2ccccc2o1. The fourth-order valence-corrected chi connectivity index (χ4v) is 1.13. The minimum Gasteiger partial charge on any atom is -0.437 e. The van der Waals surface area contributed by atoms with Crippen LogP contribution >= 0.6 is 0 Å². The van der Waals surface area contributed by atoms with E-state index in [1.807, 2.05) is 18.2 Å². The van der Waals surface area contributed by atoms with Crippen molar-refractivity contribution in [1.82, 2.24) is 0 Å². The summed E-state index contributed by atoms with van der Waals surface area (Å²) in [6.45, 7) is 0. The Morgan fingerprint density at radius 1 is 1.36 bits per heavy atom. The molecule has 2 aromatic rings. The van der Waals surface area contributed by atoms with E-state index in [1.165, 1.54) is 7.11 Å². The van der Waals surface area contributed by atoms with Gasteiger partial charge in [-0.15, -0.1) is 0 Å². The molecule has 72 valence electrons. The van der Waals surface area contributed by atoms with Crippen LogP contribution in [0.3, 0.4) is 0 Å². The van der Waals surface area contributed by atoms with Gasteiger partial charge in [0.1, 0.15) is 5.58 Å². The molecule has 14 heavy (non-hydrogen) atoms. The van der Waals surface area contributed by atoms with Gasteiger partial charge in [-0.05, 0) is 6.07 Å². The largest absolute Gasteiger partial charge is 0.516 e. The highest BCUT2D eigenvalue weighted by molar-refractivity contribution is 5.79. The third-order valence-electron chi connectivity index (χ3n) is 1.75. The number of hydrogen-bond acceptors (Lipinski definition) is 4. The van der Waals surface area contributed by atoms with Crippen LogP contribution in [0.15, 0.2) is 34.7 Å². The van der Waals surface area contributed by atoms with Crippen LogP contribution in [-0.2, 0) is 4.74 Å². The number of benzene rings is 1.